The van der Waals surface area contributed by atoms with Crippen LogP contribution in [0.1, 0.15) is 42.3 Å². The molecule has 0 bridgehead atoms. The van der Waals surface area contributed by atoms with E-state index in [1.54, 1.807) is 0 Å². The van der Waals surface area contributed by atoms with Crippen molar-refractivity contribution in [2.75, 3.05) is 0 Å². The molecule has 2 rings (SSSR count). The Bertz CT molecular complexity index is 365. The number of thiophene rings is 1. The van der Waals surface area contributed by atoms with Gasteiger partial charge in [-0.25, -0.2) is 0 Å². The Kier molecular flexibility index (Phi) is 3.35. The van der Waals surface area contributed by atoms with E-state index in [1.807, 2.05) is 11.4 Å². The van der Waals surface area contributed by atoms with E-state index in [0.29, 0.717) is 0 Å². The van der Waals surface area contributed by atoms with Crippen LogP contribution < -0.4 is 5.32 Å². The molecule has 1 N–H and O–H groups in total. The first-order valence-electron chi connectivity index (χ1n) is 5.22. The standard InChI is InChI=1S/C11H14INOS/c1-2-11(5-3-6-11)13-10(14)9-8(12)4-7-15-9/h4,7H,2-3,5-6H2,1H3,(H,13,14). The third kappa shape index (κ3) is 2.20. The number of halogens is 1. The summed E-state index contributed by atoms with van der Waals surface area (Å²) < 4.78 is 1.06. The highest BCUT2D eigenvalue weighted by molar-refractivity contribution is 14.1. The molecule has 0 saturated heterocycles. The summed E-state index contributed by atoms with van der Waals surface area (Å²) in [5.41, 5.74) is 0.101. The maximum atomic E-state index is 12.0. The van der Waals surface area contributed by atoms with Crippen molar-refractivity contribution in [2.45, 2.75) is 38.1 Å². The lowest BCUT2D eigenvalue weighted by Crippen LogP contribution is -2.52. The van der Waals surface area contributed by atoms with Gasteiger partial charge < -0.3 is 5.32 Å². The molecule has 1 saturated carbocycles. The number of hydrogen-bond donors (Lipinski definition) is 1. The van der Waals surface area contributed by atoms with Crippen LogP contribution in [0.15, 0.2) is 11.4 Å². The van der Waals surface area contributed by atoms with Gasteiger partial charge in [0, 0.05) is 9.11 Å². The first-order valence-corrected chi connectivity index (χ1v) is 7.18. The van der Waals surface area contributed by atoms with E-state index in [1.165, 1.54) is 17.8 Å². The van der Waals surface area contributed by atoms with Crippen molar-refractivity contribution in [3.05, 3.63) is 19.9 Å². The zero-order valence-corrected chi connectivity index (χ0v) is 11.7. The SMILES string of the molecule is CCC1(NC(=O)c2sccc2I)CCC1. The van der Waals surface area contributed by atoms with Crippen molar-refractivity contribution in [3.8, 4) is 0 Å². The monoisotopic (exact) mass is 335 g/mol. The van der Waals surface area contributed by atoms with E-state index in [4.69, 9.17) is 0 Å². The van der Waals surface area contributed by atoms with Crippen LogP contribution in [0.2, 0.25) is 0 Å². The molecule has 1 aliphatic rings. The van der Waals surface area contributed by atoms with Gasteiger partial charge in [-0.1, -0.05) is 6.92 Å². The Hall–Kier alpha value is -0.100. The summed E-state index contributed by atoms with van der Waals surface area (Å²) in [5.74, 6) is 0.107. The second-order valence-electron chi connectivity index (χ2n) is 4.04. The molecule has 0 unspecified atom stereocenters. The van der Waals surface area contributed by atoms with E-state index >= 15 is 0 Å². The number of carbonyl (C=O) groups is 1. The molecule has 0 atom stereocenters. The molecule has 1 aromatic rings. The number of nitrogens with one attached hydrogen (secondary N) is 1. The van der Waals surface area contributed by atoms with Crippen molar-refractivity contribution >= 4 is 39.8 Å². The lowest BCUT2D eigenvalue weighted by atomic mass is 9.75. The molecular weight excluding hydrogens is 321 g/mol. The van der Waals surface area contributed by atoms with Crippen LogP contribution in [0.5, 0.6) is 0 Å². The molecule has 82 valence electrons. The summed E-state index contributed by atoms with van der Waals surface area (Å²) in [6.07, 6.45) is 4.56. The molecule has 15 heavy (non-hydrogen) atoms. The van der Waals surface area contributed by atoms with Gasteiger partial charge in [-0.2, -0.15) is 0 Å². The Labute approximate surface area is 108 Å². The fourth-order valence-electron chi connectivity index (χ4n) is 1.92. The Balaban J connectivity index is 2.07. The highest BCUT2D eigenvalue weighted by atomic mass is 127. The molecule has 1 fully saturated rings. The zero-order chi connectivity index (χ0) is 10.9. The van der Waals surface area contributed by atoms with Crippen molar-refractivity contribution in [3.63, 3.8) is 0 Å². The Morgan fingerprint density at radius 1 is 1.67 bits per heavy atom. The molecule has 0 aromatic carbocycles. The molecular formula is C11H14INOS. The lowest BCUT2D eigenvalue weighted by molar-refractivity contribution is 0.0824. The Morgan fingerprint density at radius 2 is 2.40 bits per heavy atom. The molecule has 4 heteroatoms. The van der Waals surface area contributed by atoms with Gasteiger partial charge in [-0.3, -0.25) is 4.79 Å². The number of amides is 1. The van der Waals surface area contributed by atoms with Gasteiger partial charge in [0.1, 0.15) is 4.88 Å². The summed E-state index contributed by atoms with van der Waals surface area (Å²) in [6.45, 7) is 2.15. The normalized spacial score (nSPS) is 18.3. The van der Waals surface area contributed by atoms with Crippen LogP contribution >= 0.6 is 33.9 Å². The van der Waals surface area contributed by atoms with E-state index in [2.05, 4.69) is 34.8 Å². The van der Waals surface area contributed by atoms with Crippen molar-refractivity contribution in [1.82, 2.24) is 5.32 Å². The molecule has 1 heterocycles. The Morgan fingerprint density at radius 3 is 2.80 bits per heavy atom. The van der Waals surface area contributed by atoms with Crippen LogP contribution in [-0.2, 0) is 0 Å². The molecule has 0 aliphatic heterocycles. The fraction of sp³-hybridized carbons (Fsp3) is 0.545. The van der Waals surface area contributed by atoms with Crippen LogP contribution in [-0.4, -0.2) is 11.4 Å². The number of rotatable bonds is 3. The number of hydrogen-bond acceptors (Lipinski definition) is 2. The van der Waals surface area contributed by atoms with Crippen LogP contribution in [0.4, 0.5) is 0 Å². The molecule has 0 radical (unpaired) electrons. The van der Waals surface area contributed by atoms with Gasteiger partial charge in [0.25, 0.3) is 5.91 Å². The van der Waals surface area contributed by atoms with Crippen LogP contribution in [0.3, 0.4) is 0 Å². The quantitative estimate of drug-likeness (QED) is 0.843. The largest absolute Gasteiger partial charge is 0.346 e. The van der Waals surface area contributed by atoms with Crippen molar-refractivity contribution < 1.29 is 4.79 Å². The summed E-state index contributed by atoms with van der Waals surface area (Å²) >= 11 is 3.74. The molecule has 1 aliphatic carbocycles. The first kappa shape index (κ1) is 11.4. The first-order chi connectivity index (χ1) is 7.17. The predicted molar refractivity (Wildman–Crippen MR) is 71.4 cm³/mol. The van der Waals surface area contributed by atoms with Crippen LogP contribution in [0, 0.1) is 3.57 Å². The summed E-state index contributed by atoms with van der Waals surface area (Å²) in [7, 11) is 0. The van der Waals surface area contributed by atoms with Gasteiger partial charge in [0.15, 0.2) is 0 Å². The fourth-order valence-corrected chi connectivity index (χ4v) is 3.65. The maximum absolute atomic E-state index is 12.0. The average Bonchev–Trinajstić information content (AvgIpc) is 2.58. The van der Waals surface area contributed by atoms with Gasteiger partial charge in [0.2, 0.25) is 0 Å². The summed E-state index contributed by atoms with van der Waals surface area (Å²) in [5, 5.41) is 5.16. The minimum atomic E-state index is 0.101. The average molecular weight is 335 g/mol. The van der Waals surface area contributed by atoms with Crippen LogP contribution in [0.25, 0.3) is 0 Å². The molecule has 1 aromatic heterocycles. The van der Waals surface area contributed by atoms with Gasteiger partial charge in [-0.15, -0.1) is 11.3 Å². The molecule has 1 amide bonds. The minimum absolute atomic E-state index is 0.101. The topological polar surface area (TPSA) is 29.1 Å². The van der Waals surface area contributed by atoms with Crippen molar-refractivity contribution in [2.24, 2.45) is 0 Å². The third-order valence-electron chi connectivity index (χ3n) is 3.19. The van der Waals surface area contributed by atoms with Crippen molar-refractivity contribution in [1.29, 1.82) is 0 Å². The second kappa shape index (κ2) is 4.41. The van der Waals surface area contributed by atoms with E-state index < -0.39 is 0 Å². The van der Waals surface area contributed by atoms with E-state index in [9.17, 15) is 4.79 Å². The van der Waals surface area contributed by atoms with E-state index in [-0.39, 0.29) is 11.4 Å². The maximum Gasteiger partial charge on any atom is 0.262 e. The highest BCUT2D eigenvalue weighted by Crippen LogP contribution is 2.35. The second-order valence-corrected chi connectivity index (χ2v) is 6.12. The van der Waals surface area contributed by atoms with E-state index in [0.717, 1.165) is 27.7 Å². The lowest BCUT2D eigenvalue weighted by Gasteiger charge is -2.41. The highest BCUT2D eigenvalue weighted by Gasteiger charge is 2.36. The zero-order valence-electron chi connectivity index (χ0n) is 8.68. The number of carbonyl (C=O) groups excluding carboxylic acids is 1. The van der Waals surface area contributed by atoms with Gasteiger partial charge in [0.05, 0.1) is 0 Å². The predicted octanol–water partition coefficient (Wildman–Crippen LogP) is 3.42. The molecule has 0 spiro atoms. The minimum Gasteiger partial charge on any atom is -0.346 e. The smallest absolute Gasteiger partial charge is 0.262 e. The third-order valence-corrected chi connectivity index (χ3v) is 5.37. The summed E-state index contributed by atoms with van der Waals surface area (Å²) in [6, 6.07) is 1.99. The molecule has 2 nitrogen and oxygen atoms in total. The van der Waals surface area contributed by atoms with Gasteiger partial charge in [-0.05, 0) is 59.7 Å². The summed E-state index contributed by atoms with van der Waals surface area (Å²) in [4.78, 5) is 12.8. The van der Waals surface area contributed by atoms with Gasteiger partial charge >= 0.3 is 0 Å².